The lowest BCUT2D eigenvalue weighted by atomic mass is 10.0. The minimum Gasteiger partial charge on any atom is -0.497 e. The molecule has 1 aliphatic rings. The number of rotatable bonds is 8. The smallest absolute Gasteiger partial charge is 0.221 e. The standard InChI is InChI=1S/C25H27N3O3/c1-28-14-13-26-25(28)24(20-7-4-8-21(16-20)31-2)27-23(30)12-11-22(29)19-10-9-17-5-3-6-18(17)15-19/h4,7-10,13-16,24H,3,5-6,11-12H2,1-2H3,(H,27,30)/t24-/m0/s1. The highest BCUT2D eigenvalue weighted by atomic mass is 16.5. The van der Waals surface area contributed by atoms with E-state index in [4.69, 9.17) is 4.74 Å². The Hall–Kier alpha value is -3.41. The molecule has 2 aromatic carbocycles. The molecule has 1 aromatic heterocycles. The molecule has 0 bridgehead atoms. The van der Waals surface area contributed by atoms with E-state index in [1.165, 1.54) is 11.1 Å². The summed E-state index contributed by atoms with van der Waals surface area (Å²) in [6.45, 7) is 0. The maximum Gasteiger partial charge on any atom is 0.221 e. The van der Waals surface area contributed by atoms with E-state index in [-0.39, 0.29) is 24.5 Å². The van der Waals surface area contributed by atoms with E-state index >= 15 is 0 Å². The van der Waals surface area contributed by atoms with Crippen molar-refractivity contribution in [2.75, 3.05) is 7.11 Å². The topological polar surface area (TPSA) is 73.2 Å². The van der Waals surface area contributed by atoms with Crippen molar-refractivity contribution in [1.29, 1.82) is 0 Å². The molecule has 31 heavy (non-hydrogen) atoms. The van der Waals surface area contributed by atoms with Crippen LogP contribution >= 0.6 is 0 Å². The minimum absolute atomic E-state index is 0.000211. The van der Waals surface area contributed by atoms with Crippen LogP contribution in [0.15, 0.2) is 54.9 Å². The summed E-state index contributed by atoms with van der Waals surface area (Å²) in [6, 6.07) is 13.1. The fraction of sp³-hybridized carbons (Fsp3) is 0.320. The summed E-state index contributed by atoms with van der Waals surface area (Å²) >= 11 is 0. The van der Waals surface area contributed by atoms with Crippen molar-refractivity contribution in [3.63, 3.8) is 0 Å². The number of ether oxygens (including phenoxy) is 1. The number of carbonyl (C=O) groups is 2. The van der Waals surface area contributed by atoms with Gasteiger partial charge in [-0.05, 0) is 54.2 Å². The third-order valence-corrected chi connectivity index (χ3v) is 5.85. The molecule has 0 unspecified atom stereocenters. The van der Waals surface area contributed by atoms with Gasteiger partial charge in [0.05, 0.1) is 7.11 Å². The Bertz CT molecular complexity index is 1100. The number of nitrogens with zero attached hydrogens (tertiary/aromatic N) is 2. The predicted octanol–water partition coefficient (Wildman–Crippen LogP) is 3.79. The predicted molar refractivity (Wildman–Crippen MR) is 118 cm³/mol. The van der Waals surface area contributed by atoms with Crippen LogP contribution in [0.5, 0.6) is 5.75 Å². The first kappa shape index (κ1) is 20.8. The molecule has 6 heteroatoms. The highest BCUT2D eigenvalue weighted by molar-refractivity contribution is 5.98. The SMILES string of the molecule is COc1cccc([C@H](NC(=O)CCC(=O)c2ccc3c(c2)CCC3)c2nccn2C)c1. The number of hydrogen-bond donors (Lipinski definition) is 1. The molecule has 0 aliphatic heterocycles. The lowest BCUT2D eigenvalue weighted by Gasteiger charge is -2.19. The van der Waals surface area contributed by atoms with Crippen LogP contribution in [0.2, 0.25) is 0 Å². The summed E-state index contributed by atoms with van der Waals surface area (Å²) in [7, 11) is 3.50. The fourth-order valence-corrected chi connectivity index (χ4v) is 4.12. The van der Waals surface area contributed by atoms with Crippen LogP contribution in [0.25, 0.3) is 0 Å². The zero-order valence-electron chi connectivity index (χ0n) is 17.9. The summed E-state index contributed by atoms with van der Waals surface area (Å²) in [4.78, 5) is 29.9. The summed E-state index contributed by atoms with van der Waals surface area (Å²) in [5, 5.41) is 3.05. The molecule has 0 fully saturated rings. The van der Waals surface area contributed by atoms with Crippen molar-refractivity contribution in [2.45, 2.75) is 38.1 Å². The number of methoxy groups -OCH3 is 1. The Balaban J connectivity index is 1.45. The molecule has 1 heterocycles. The van der Waals surface area contributed by atoms with Gasteiger partial charge in [-0.2, -0.15) is 0 Å². The third kappa shape index (κ3) is 4.68. The number of benzene rings is 2. The highest BCUT2D eigenvalue weighted by Crippen LogP contribution is 2.25. The van der Waals surface area contributed by atoms with Gasteiger partial charge in [0, 0.05) is 37.8 Å². The van der Waals surface area contributed by atoms with Crippen molar-refractivity contribution < 1.29 is 14.3 Å². The van der Waals surface area contributed by atoms with Gasteiger partial charge in [-0.15, -0.1) is 0 Å². The molecule has 0 spiro atoms. The highest BCUT2D eigenvalue weighted by Gasteiger charge is 2.22. The normalized spacial score (nSPS) is 13.5. The van der Waals surface area contributed by atoms with Crippen molar-refractivity contribution in [1.82, 2.24) is 14.9 Å². The number of hydrogen-bond acceptors (Lipinski definition) is 4. The molecular weight excluding hydrogens is 390 g/mol. The summed E-state index contributed by atoms with van der Waals surface area (Å²) in [6.07, 6.45) is 7.11. The number of Topliss-reactive ketones (excluding diaryl/α,β-unsaturated/α-hetero) is 1. The van der Waals surface area contributed by atoms with Gasteiger partial charge in [-0.25, -0.2) is 4.98 Å². The van der Waals surface area contributed by atoms with Crippen LogP contribution in [-0.4, -0.2) is 28.4 Å². The number of carbonyl (C=O) groups excluding carboxylic acids is 2. The quantitative estimate of drug-likeness (QED) is 0.566. The first-order valence-corrected chi connectivity index (χ1v) is 10.6. The monoisotopic (exact) mass is 417 g/mol. The second-order valence-electron chi connectivity index (χ2n) is 7.93. The number of nitrogens with one attached hydrogen (secondary N) is 1. The molecule has 1 aliphatic carbocycles. The van der Waals surface area contributed by atoms with Crippen molar-refractivity contribution in [3.05, 3.63) is 82.9 Å². The molecule has 1 atom stereocenters. The van der Waals surface area contributed by atoms with Gasteiger partial charge >= 0.3 is 0 Å². The van der Waals surface area contributed by atoms with Gasteiger partial charge in [0.25, 0.3) is 0 Å². The van der Waals surface area contributed by atoms with E-state index in [9.17, 15) is 9.59 Å². The summed E-state index contributed by atoms with van der Waals surface area (Å²) in [5.74, 6) is 1.23. The molecule has 3 aromatic rings. The average Bonchev–Trinajstić information content (AvgIpc) is 3.44. The Morgan fingerprint density at radius 3 is 2.74 bits per heavy atom. The maximum atomic E-state index is 12.8. The zero-order chi connectivity index (χ0) is 21.8. The first-order valence-electron chi connectivity index (χ1n) is 10.6. The Kier molecular flexibility index (Phi) is 6.16. The van der Waals surface area contributed by atoms with Crippen LogP contribution in [0.3, 0.4) is 0 Å². The molecule has 0 saturated carbocycles. The molecule has 0 radical (unpaired) electrons. The van der Waals surface area contributed by atoms with Crippen LogP contribution < -0.4 is 10.1 Å². The number of aryl methyl sites for hydroxylation is 3. The molecule has 4 rings (SSSR count). The largest absolute Gasteiger partial charge is 0.497 e. The fourth-order valence-electron chi connectivity index (χ4n) is 4.12. The van der Waals surface area contributed by atoms with Gasteiger partial charge in [0.15, 0.2) is 5.78 Å². The maximum absolute atomic E-state index is 12.8. The van der Waals surface area contributed by atoms with Gasteiger partial charge in [0.2, 0.25) is 5.91 Å². The number of aromatic nitrogens is 2. The molecule has 0 saturated heterocycles. The number of fused-ring (bicyclic) bond motifs is 1. The second kappa shape index (κ2) is 9.16. The number of imidazole rings is 1. The molecular formula is C25H27N3O3. The summed E-state index contributed by atoms with van der Waals surface area (Å²) < 4.78 is 7.21. The Morgan fingerprint density at radius 2 is 1.97 bits per heavy atom. The zero-order valence-corrected chi connectivity index (χ0v) is 17.9. The van der Waals surface area contributed by atoms with Crippen LogP contribution in [-0.2, 0) is 24.7 Å². The van der Waals surface area contributed by atoms with E-state index in [1.807, 2.05) is 54.2 Å². The van der Waals surface area contributed by atoms with Crippen molar-refractivity contribution in [2.24, 2.45) is 7.05 Å². The van der Waals surface area contributed by atoms with Crippen LogP contribution in [0.4, 0.5) is 0 Å². The number of amides is 1. The van der Waals surface area contributed by atoms with Gasteiger partial charge in [0.1, 0.15) is 17.6 Å². The lowest BCUT2D eigenvalue weighted by molar-refractivity contribution is -0.121. The first-order chi connectivity index (χ1) is 15.0. The molecule has 160 valence electrons. The van der Waals surface area contributed by atoms with Crippen molar-refractivity contribution in [3.8, 4) is 5.75 Å². The lowest BCUT2D eigenvalue weighted by Crippen LogP contribution is -2.31. The minimum atomic E-state index is -0.433. The Labute approximate surface area is 182 Å². The third-order valence-electron chi connectivity index (χ3n) is 5.85. The van der Waals surface area contributed by atoms with Crippen molar-refractivity contribution >= 4 is 11.7 Å². The van der Waals surface area contributed by atoms with E-state index in [0.29, 0.717) is 17.1 Å². The molecule has 1 amide bonds. The molecule has 6 nitrogen and oxygen atoms in total. The van der Waals surface area contributed by atoms with E-state index in [2.05, 4.69) is 16.4 Å². The summed E-state index contributed by atoms with van der Waals surface area (Å²) in [5.41, 5.74) is 4.17. The van der Waals surface area contributed by atoms with Gasteiger partial charge < -0.3 is 14.6 Å². The van der Waals surface area contributed by atoms with Crippen LogP contribution in [0.1, 0.15) is 58.2 Å². The number of ketones is 1. The van der Waals surface area contributed by atoms with E-state index < -0.39 is 6.04 Å². The second-order valence-corrected chi connectivity index (χ2v) is 7.93. The van der Waals surface area contributed by atoms with Crippen LogP contribution in [0, 0.1) is 0 Å². The molecule has 1 N–H and O–H groups in total. The van der Waals surface area contributed by atoms with Gasteiger partial charge in [-0.1, -0.05) is 24.3 Å². The Morgan fingerprint density at radius 1 is 1.13 bits per heavy atom. The van der Waals surface area contributed by atoms with E-state index in [0.717, 1.165) is 24.8 Å². The average molecular weight is 418 g/mol. The van der Waals surface area contributed by atoms with Gasteiger partial charge in [-0.3, -0.25) is 9.59 Å². The van der Waals surface area contributed by atoms with E-state index in [1.54, 1.807) is 13.3 Å².